The fourth-order valence-corrected chi connectivity index (χ4v) is 3.74. The number of carbonyl (C=O) groups is 1. The number of likely N-dealkylation sites (N-methyl/N-ethyl adjacent to an activating group) is 1. The van der Waals surface area contributed by atoms with Crippen LogP contribution in [0, 0.1) is 0 Å². The lowest BCUT2D eigenvalue weighted by Crippen LogP contribution is -2.44. The standard InChI is InChI=1S/C21H28N6O/c1-25-13-15-26(16-14-25)18-7-5-17(6-8-18)23-20(28)19-9-10-22-21(24-19)27-11-3-2-4-12-27/h5-10H,2-4,11-16H2,1H3,(H,23,28). The Morgan fingerprint density at radius 2 is 1.61 bits per heavy atom. The van der Waals surface area contributed by atoms with Crippen LogP contribution in [0.3, 0.4) is 0 Å². The van der Waals surface area contributed by atoms with Crippen LogP contribution in [-0.2, 0) is 0 Å². The van der Waals surface area contributed by atoms with Crippen LogP contribution in [0.4, 0.5) is 17.3 Å². The van der Waals surface area contributed by atoms with Gasteiger partial charge in [-0.1, -0.05) is 0 Å². The van der Waals surface area contributed by atoms with Crippen LogP contribution in [0.5, 0.6) is 0 Å². The first-order valence-electron chi connectivity index (χ1n) is 10.1. The lowest BCUT2D eigenvalue weighted by Gasteiger charge is -2.34. The Hall–Kier alpha value is -2.67. The maximum absolute atomic E-state index is 12.6. The quantitative estimate of drug-likeness (QED) is 0.879. The van der Waals surface area contributed by atoms with Crippen molar-refractivity contribution in [2.24, 2.45) is 0 Å². The van der Waals surface area contributed by atoms with Crippen LogP contribution < -0.4 is 15.1 Å². The first kappa shape index (κ1) is 18.7. The van der Waals surface area contributed by atoms with Crippen LogP contribution >= 0.6 is 0 Å². The number of nitrogens with one attached hydrogen (secondary N) is 1. The monoisotopic (exact) mass is 380 g/mol. The number of anilines is 3. The number of amides is 1. The van der Waals surface area contributed by atoms with Gasteiger partial charge >= 0.3 is 0 Å². The van der Waals surface area contributed by atoms with Crippen LogP contribution in [0.15, 0.2) is 36.5 Å². The molecule has 1 N–H and O–H groups in total. The van der Waals surface area contributed by atoms with Crippen LogP contribution in [0.25, 0.3) is 0 Å². The van der Waals surface area contributed by atoms with E-state index in [4.69, 9.17) is 0 Å². The van der Waals surface area contributed by atoms with Gasteiger partial charge < -0.3 is 20.0 Å². The van der Waals surface area contributed by atoms with Gasteiger partial charge in [0.2, 0.25) is 5.95 Å². The summed E-state index contributed by atoms with van der Waals surface area (Å²) in [6.45, 7) is 6.12. The molecule has 0 unspecified atom stereocenters. The van der Waals surface area contributed by atoms with E-state index in [-0.39, 0.29) is 5.91 Å². The van der Waals surface area contributed by atoms with E-state index in [2.05, 4.69) is 49.2 Å². The van der Waals surface area contributed by atoms with Gasteiger partial charge in [0.05, 0.1) is 0 Å². The zero-order valence-electron chi connectivity index (χ0n) is 16.5. The number of benzene rings is 1. The third-order valence-corrected chi connectivity index (χ3v) is 5.51. The highest BCUT2D eigenvalue weighted by Gasteiger charge is 2.17. The minimum Gasteiger partial charge on any atom is -0.369 e. The van der Waals surface area contributed by atoms with Crippen LogP contribution in [-0.4, -0.2) is 67.1 Å². The molecule has 1 aromatic heterocycles. The number of hydrogen-bond donors (Lipinski definition) is 1. The first-order chi connectivity index (χ1) is 13.7. The highest BCUT2D eigenvalue weighted by atomic mass is 16.1. The Morgan fingerprint density at radius 1 is 0.893 bits per heavy atom. The molecule has 7 nitrogen and oxygen atoms in total. The maximum atomic E-state index is 12.6. The minimum atomic E-state index is -0.201. The molecule has 0 aliphatic carbocycles. The first-order valence-corrected chi connectivity index (χ1v) is 10.1. The van der Waals surface area contributed by atoms with Crippen molar-refractivity contribution in [3.05, 3.63) is 42.2 Å². The number of piperazine rings is 1. The number of nitrogens with zero attached hydrogens (tertiary/aromatic N) is 5. The topological polar surface area (TPSA) is 64.6 Å². The molecule has 0 atom stereocenters. The van der Waals surface area contributed by atoms with E-state index in [1.807, 2.05) is 12.1 Å². The van der Waals surface area contributed by atoms with Crippen molar-refractivity contribution >= 4 is 23.2 Å². The summed E-state index contributed by atoms with van der Waals surface area (Å²) < 4.78 is 0. The average molecular weight is 380 g/mol. The Bertz CT molecular complexity index is 795. The summed E-state index contributed by atoms with van der Waals surface area (Å²) in [6, 6.07) is 9.72. The number of aromatic nitrogens is 2. The Kier molecular flexibility index (Phi) is 5.71. The van der Waals surface area contributed by atoms with Crippen LogP contribution in [0.2, 0.25) is 0 Å². The molecule has 7 heteroatoms. The van der Waals surface area contributed by atoms with Gasteiger partial charge in [0.15, 0.2) is 0 Å². The molecule has 148 valence electrons. The third kappa shape index (κ3) is 4.42. The molecule has 2 saturated heterocycles. The van der Waals surface area contributed by atoms with Gasteiger partial charge in [-0.2, -0.15) is 0 Å². The molecular formula is C21H28N6O. The Labute approximate surface area is 166 Å². The lowest BCUT2D eigenvalue weighted by atomic mass is 10.1. The molecule has 0 spiro atoms. The zero-order valence-corrected chi connectivity index (χ0v) is 16.5. The molecule has 4 rings (SSSR count). The molecule has 1 aromatic carbocycles. The van der Waals surface area contributed by atoms with Gasteiger partial charge in [0.1, 0.15) is 5.69 Å². The van der Waals surface area contributed by atoms with E-state index in [1.54, 1.807) is 12.3 Å². The molecule has 2 aromatic rings. The largest absolute Gasteiger partial charge is 0.369 e. The summed E-state index contributed by atoms with van der Waals surface area (Å²) in [5.41, 5.74) is 2.38. The molecule has 1 amide bonds. The van der Waals surface area contributed by atoms with Gasteiger partial charge in [-0.05, 0) is 56.6 Å². The Balaban J connectivity index is 1.39. The van der Waals surface area contributed by atoms with Gasteiger partial charge in [0, 0.05) is 56.8 Å². The van der Waals surface area contributed by atoms with Gasteiger partial charge in [-0.25, -0.2) is 9.97 Å². The van der Waals surface area contributed by atoms with Gasteiger partial charge in [-0.3, -0.25) is 4.79 Å². The molecule has 0 bridgehead atoms. The molecule has 28 heavy (non-hydrogen) atoms. The predicted molar refractivity (Wildman–Crippen MR) is 112 cm³/mol. The second-order valence-electron chi connectivity index (χ2n) is 7.58. The van der Waals surface area contributed by atoms with Crippen molar-refractivity contribution in [2.75, 3.05) is 61.4 Å². The summed E-state index contributed by atoms with van der Waals surface area (Å²) in [5.74, 6) is 0.450. The second-order valence-corrected chi connectivity index (χ2v) is 7.58. The summed E-state index contributed by atoms with van der Waals surface area (Å²) in [7, 11) is 2.15. The van der Waals surface area contributed by atoms with E-state index in [9.17, 15) is 4.79 Å². The molecule has 0 saturated carbocycles. The third-order valence-electron chi connectivity index (χ3n) is 5.51. The normalized spacial score (nSPS) is 18.2. The fraction of sp³-hybridized carbons (Fsp3) is 0.476. The van der Waals surface area contributed by atoms with Crippen molar-refractivity contribution in [1.29, 1.82) is 0 Å². The van der Waals surface area contributed by atoms with Crippen molar-refractivity contribution in [3.63, 3.8) is 0 Å². The summed E-state index contributed by atoms with van der Waals surface area (Å²) in [4.78, 5) is 28.3. The highest BCUT2D eigenvalue weighted by molar-refractivity contribution is 6.03. The fourth-order valence-electron chi connectivity index (χ4n) is 3.74. The SMILES string of the molecule is CN1CCN(c2ccc(NC(=O)c3ccnc(N4CCCCC4)n3)cc2)CC1. The maximum Gasteiger partial charge on any atom is 0.274 e. The van der Waals surface area contributed by atoms with Crippen molar-refractivity contribution < 1.29 is 4.79 Å². The summed E-state index contributed by atoms with van der Waals surface area (Å²) in [6.07, 6.45) is 5.22. The zero-order chi connectivity index (χ0) is 19.3. The smallest absolute Gasteiger partial charge is 0.274 e. The van der Waals surface area contributed by atoms with Gasteiger partial charge in [0.25, 0.3) is 5.91 Å². The molecule has 2 fully saturated rings. The van der Waals surface area contributed by atoms with Crippen LogP contribution in [0.1, 0.15) is 29.8 Å². The summed E-state index contributed by atoms with van der Waals surface area (Å²) in [5, 5.41) is 2.95. The van der Waals surface area contributed by atoms with E-state index >= 15 is 0 Å². The van der Waals surface area contributed by atoms with E-state index in [0.717, 1.165) is 57.8 Å². The number of piperidine rings is 1. The van der Waals surface area contributed by atoms with E-state index < -0.39 is 0 Å². The second kappa shape index (κ2) is 8.56. The Morgan fingerprint density at radius 3 is 2.32 bits per heavy atom. The summed E-state index contributed by atoms with van der Waals surface area (Å²) >= 11 is 0. The number of rotatable bonds is 4. The molecule has 3 heterocycles. The highest BCUT2D eigenvalue weighted by Crippen LogP contribution is 2.20. The van der Waals surface area contributed by atoms with Crippen molar-refractivity contribution in [1.82, 2.24) is 14.9 Å². The lowest BCUT2D eigenvalue weighted by molar-refractivity contribution is 0.102. The average Bonchev–Trinajstić information content (AvgIpc) is 2.76. The molecule has 2 aliphatic rings. The predicted octanol–water partition coefficient (Wildman–Crippen LogP) is 2.47. The van der Waals surface area contributed by atoms with Crippen molar-refractivity contribution in [2.45, 2.75) is 19.3 Å². The van der Waals surface area contributed by atoms with Gasteiger partial charge in [-0.15, -0.1) is 0 Å². The van der Waals surface area contributed by atoms with E-state index in [1.165, 1.54) is 12.1 Å². The minimum absolute atomic E-state index is 0.201. The van der Waals surface area contributed by atoms with E-state index in [0.29, 0.717) is 11.6 Å². The molecule has 0 radical (unpaired) electrons. The number of carbonyl (C=O) groups excluding carboxylic acids is 1. The molecular weight excluding hydrogens is 352 g/mol. The van der Waals surface area contributed by atoms with Crippen molar-refractivity contribution in [3.8, 4) is 0 Å². The number of hydrogen-bond acceptors (Lipinski definition) is 6. The molecule has 2 aliphatic heterocycles.